The molecular weight excluding hydrogens is 437 g/mol. The average Bonchev–Trinajstić information content (AvgIpc) is 3.18. The molecule has 29 heavy (non-hydrogen) atoms. The largest absolute Gasteiger partial charge is 0.437 e. The molecule has 0 saturated heterocycles. The first-order chi connectivity index (χ1) is 14.1. The van der Waals surface area contributed by atoms with Gasteiger partial charge < -0.3 is 10.1 Å². The molecule has 0 saturated carbocycles. The molecule has 4 rings (SSSR count). The van der Waals surface area contributed by atoms with Crippen LogP contribution in [0.25, 0.3) is 5.69 Å². The molecule has 0 radical (unpaired) electrons. The molecule has 0 aliphatic rings. The number of nitrogens with one attached hydrogen (secondary N) is 1. The monoisotopic (exact) mass is 447 g/mol. The fourth-order valence-electron chi connectivity index (χ4n) is 2.50. The highest BCUT2D eigenvalue weighted by Crippen LogP contribution is 2.29. The molecule has 11 heteroatoms. The fourth-order valence-corrected chi connectivity index (χ4v) is 3.04. The molecule has 0 unspecified atom stereocenters. The smallest absolute Gasteiger partial charge is 0.248 e. The Morgan fingerprint density at radius 3 is 2.83 bits per heavy atom. The standard InChI is InChI=1S/C18H12Cl3N7O/c19-12-7-13(10-22-9-12)29-17-11(3-2-6-23-17)8-24-18-25-26-27-28(18)15-5-1-4-14(20)16(15)21/h1-7,9-10H,8H2,(H,24,25,27). The molecular formula is C18H12Cl3N7O. The molecule has 4 aromatic rings. The summed E-state index contributed by atoms with van der Waals surface area (Å²) in [6.45, 7) is 0.343. The molecule has 0 atom stereocenters. The average molecular weight is 449 g/mol. The normalized spacial score (nSPS) is 10.7. The van der Waals surface area contributed by atoms with E-state index in [0.29, 0.717) is 44.9 Å². The first kappa shape index (κ1) is 19.4. The van der Waals surface area contributed by atoms with Crippen LogP contribution >= 0.6 is 34.8 Å². The van der Waals surface area contributed by atoms with Crippen LogP contribution in [0.15, 0.2) is 55.0 Å². The summed E-state index contributed by atoms with van der Waals surface area (Å²) in [5, 5.41) is 16.1. The van der Waals surface area contributed by atoms with Gasteiger partial charge in [-0.1, -0.05) is 52.0 Å². The van der Waals surface area contributed by atoms with Crippen LogP contribution in [-0.4, -0.2) is 30.2 Å². The van der Waals surface area contributed by atoms with Gasteiger partial charge in [0.2, 0.25) is 11.8 Å². The van der Waals surface area contributed by atoms with E-state index in [4.69, 9.17) is 39.5 Å². The Morgan fingerprint density at radius 1 is 1.07 bits per heavy atom. The third kappa shape index (κ3) is 4.40. The van der Waals surface area contributed by atoms with Gasteiger partial charge in [-0.15, -0.1) is 0 Å². The topological polar surface area (TPSA) is 90.6 Å². The molecule has 0 aliphatic heterocycles. The van der Waals surface area contributed by atoms with E-state index in [0.717, 1.165) is 5.56 Å². The molecule has 3 aromatic heterocycles. The molecule has 1 N–H and O–H groups in total. The molecule has 1 aromatic carbocycles. The Kier molecular flexibility index (Phi) is 5.75. The van der Waals surface area contributed by atoms with Crippen LogP contribution < -0.4 is 10.1 Å². The van der Waals surface area contributed by atoms with Crippen LogP contribution in [0.3, 0.4) is 0 Å². The van der Waals surface area contributed by atoms with Crippen LogP contribution in [0.4, 0.5) is 5.95 Å². The number of hydrogen-bond donors (Lipinski definition) is 1. The highest BCUT2D eigenvalue weighted by atomic mass is 35.5. The first-order valence-corrected chi connectivity index (χ1v) is 9.44. The summed E-state index contributed by atoms with van der Waals surface area (Å²) in [5.41, 5.74) is 1.33. The molecule has 0 fully saturated rings. The molecule has 0 bridgehead atoms. The van der Waals surface area contributed by atoms with Crippen molar-refractivity contribution in [1.29, 1.82) is 0 Å². The lowest BCUT2D eigenvalue weighted by Crippen LogP contribution is -2.09. The zero-order chi connectivity index (χ0) is 20.2. The summed E-state index contributed by atoms with van der Waals surface area (Å²) in [5.74, 6) is 1.27. The van der Waals surface area contributed by atoms with Crippen LogP contribution in [0.1, 0.15) is 5.56 Å². The Bertz CT molecular complexity index is 1150. The van der Waals surface area contributed by atoms with Gasteiger partial charge in [0, 0.05) is 30.6 Å². The Hall–Kier alpha value is -2.94. The van der Waals surface area contributed by atoms with Gasteiger partial charge in [-0.3, -0.25) is 4.98 Å². The highest BCUT2D eigenvalue weighted by Gasteiger charge is 2.14. The molecule has 0 spiro atoms. The van der Waals surface area contributed by atoms with E-state index < -0.39 is 0 Å². The van der Waals surface area contributed by atoms with Crippen LogP contribution in [0.2, 0.25) is 15.1 Å². The summed E-state index contributed by atoms with van der Waals surface area (Å²) in [4.78, 5) is 8.28. The van der Waals surface area contributed by atoms with E-state index in [-0.39, 0.29) is 0 Å². The predicted octanol–water partition coefficient (Wildman–Crippen LogP) is 4.82. The van der Waals surface area contributed by atoms with Gasteiger partial charge in [0.05, 0.1) is 27.0 Å². The summed E-state index contributed by atoms with van der Waals surface area (Å²) in [6.07, 6.45) is 4.71. The van der Waals surface area contributed by atoms with Crippen molar-refractivity contribution in [2.45, 2.75) is 6.54 Å². The van der Waals surface area contributed by atoms with Crippen molar-refractivity contribution in [2.75, 3.05) is 5.32 Å². The van der Waals surface area contributed by atoms with Crippen molar-refractivity contribution >= 4 is 40.8 Å². The number of hydrogen-bond acceptors (Lipinski definition) is 7. The van der Waals surface area contributed by atoms with Gasteiger partial charge in [-0.25, -0.2) is 4.98 Å². The number of halogens is 3. The van der Waals surface area contributed by atoms with E-state index in [1.807, 2.05) is 6.07 Å². The zero-order valence-corrected chi connectivity index (χ0v) is 16.9. The highest BCUT2D eigenvalue weighted by molar-refractivity contribution is 6.43. The van der Waals surface area contributed by atoms with Crippen molar-refractivity contribution in [3.63, 3.8) is 0 Å². The number of tetrazole rings is 1. The van der Waals surface area contributed by atoms with E-state index in [9.17, 15) is 0 Å². The minimum absolute atomic E-state index is 0.343. The second kappa shape index (κ2) is 8.60. The third-order valence-corrected chi connectivity index (χ3v) is 4.83. The number of ether oxygens (including phenoxy) is 1. The Balaban J connectivity index is 1.55. The van der Waals surface area contributed by atoms with Crippen molar-refractivity contribution in [3.8, 4) is 17.3 Å². The van der Waals surface area contributed by atoms with Gasteiger partial charge in [-0.2, -0.15) is 4.68 Å². The lowest BCUT2D eigenvalue weighted by molar-refractivity contribution is 0.455. The van der Waals surface area contributed by atoms with Crippen LogP contribution in [-0.2, 0) is 6.54 Å². The molecule has 0 aliphatic carbocycles. The predicted molar refractivity (Wildman–Crippen MR) is 110 cm³/mol. The van der Waals surface area contributed by atoms with E-state index in [2.05, 4.69) is 30.8 Å². The van der Waals surface area contributed by atoms with Crippen LogP contribution in [0.5, 0.6) is 11.6 Å². The summed E-state index contributed by atoms with van der Waals surface area (Å²) in [7, 11) is 0. The first-order valence-electron chi connectivity index (χ1n) is 8.31. The number of pyridine rings is 2. The number of nitrogens with zero attached hydrogens (tertiary/aromatic N) is 6. The number of rotatable bonds is 6. The quantitative estimate of drug-likeness (QED) is 0.452. The minimum Gasteiger partial charge on any atom is -0.437 e. The van der Waals surface area contributed by atoms with Gasteiger partial charge in [0.25, 0.3) is 0 Å². The maximum absolute atomic E-state index is 6.28. The fraction of sp³-hybridized carbons (Fsp3) is 0.0556. The lowest BCUT2D eigenvalue weighted by Gasteiger charge is -2.12. The number of benzene rings is 1. The molecule has 8 nitrogen and oxygen atoms in total. The second-order valence-corrected chi connectivity index (χ2v) is 6.97. The zero-order valence-electron chi connectivity index (χ0n) is 14.6. The van der Waals surface area contributed by atoms with Crippen molar-refractivity contribution in [2.24, 2.45) is 0 Å². The SMILES string of the molecule is Clc1cncc(Oc2ncccc2CNc2nnnn2-c2cccc(Cl)c2Cl)c1. The maximum atomic E-state index is 6.28. The minimum atomic E-state index is 0.343. The number of anilines is 1. The van der Waals surface area contributed by atoms with E-state index in [1.165, 1.54) is 10.9 Å². The van der Waals surface area contributed by atoms with Gasteiger partial charge in [0.1, 0.15) is 5.75 Å². The second-order valence-electron chi connectivity index (χ2n) is 5.75. The maximum Gasteiger partial charge on any atom is 0.248 e. The van der Waals surface area contributed by atoms with Gasteiger partial charge in [0.15, 0.2) is 0 Å². The van der Waals surface area contributed by atoms with Gasteiger partial charge >= 0.3 is 0 Å². The summed E-state index contributed by atoms with van der Waals surface area (Å²) < 4.78 is 7.28. The van der Waals surface area contributed by atoms with Gasteiger partial charge in [-0.05, 0) is 28.6 Å². The molecule has 146 valence electrons. The third-order valence-electron chi connectivity index (χ3n) is 3.81. The van der Waals surface area contributed by atoms with Crippen molar-refractivity contribution in [3.05, 3.63) is 75.6 Å². The van der Waals surface area contributed by atoms with E-state index >= 15 is 0 Å². The number of aromatic nitrogens is 6. The van der Waals surface area contributed by atoms with Crippen molar-refractivity contribution in [1.82, 2.24) is 30.2 Å². The molecule has 3 heterocycles. The van der Waals surface area contributed by atoms with Crippen molar-refractivity contribution < 1.29 is 4.74 Å². The Labute approximate surface area is 180 Å². The molecule has 0 amide bonds. The van der Waals surface area contributed by atoms with E-state index in [1.54, 1.807) is 42.7 Å². The lowest BCUT2D eigenvalue weighted by atomic mass is 10.2. The summed E-state index contributed by atoms with van der Waals surface area (Å²) >= 11 is 18.3. The van der Waals surface area contributed by atoms with Crippen LogP contribution in [0, 0.1) is 0 Å². The Morgan fingerprint density at radius 2 is 1.97 bits per heavy atom. The summed E-state index contributed by atoms with van der Waals surface area (Å²) in [6, 6.07) is 10.5.